The highest BCUT2D eigenvalue weighted by molar-refractivity contribution is 6.32. The van der Waals surface area contributed by atoms with Crippen LogP contribution < -0.4 is 0 Å². The molecule has 0 aliphatic heterocycles. The summed E-state index contributed by atoms with van der Waals surface area (Å²) >= 11 is 6.02. The van der Waals surface area contributed by atoms with Crippen molar-refractivity contribution in [2.24, 2.45) is 5.92 Å². The molecule has 1 unspecified atom stereocenters. The van der Waals surface area contributed by atoms with Gasteiger partial charge in [-0.15, -0.1) is 0 Å². The Balaban J connectivity index is 2.43. The van der Waals surface area contributed by atoms with Gasteiger partial charge in [0.05, 0.1) is 10.9 Å². The van der Waals surface area contributed by atoms with Crippen LogP contribution in [0.25, 0.3) is 0 Å². The first-order valence-electron chi connectivity index (χ1n) is 6.25. The van der Waals surface area contributed by atoms with E-state index in [1.807, 2.05) is 6.07 Å². The lowest BCUT2D eigenvalue weighted by atomic mass is 9.85. The zero-order valence-corrected chi connectivity index (χ0v) is 11.1. The fraction of sp³-hybridized carbons (Fsp3) is 0.500. The van der Waals surface area contributed by atoms with Gasteiger partial charge in [-0.3, -0.25) is 4.79 Å². The molecule has 0 radical (unpaired) electrons. The molecule has 0 aromatic heterocycles. The molecule has 0 amide bonds. The van der Waals surface area contributed by atoms with E-state index in [1.165, 1.54) is 0 Å². The monoisotopic (exact) mass is 268 g/mol. The van der Waals surface area contributed by atoms with Crippen molar-refractivity contribution in [3.8, 4) is 5.75 Å². The van der Waals surface area contributed by atoms with Crippen molar-refractivity contribution in [3.63, 3.8) is 0 Å². The summed E-state index contributed by atoms with van der Waals surface area (Å²) in [7, 11) is 0. The molecule has 0 bridgehead atoms. The predicted octanol–water partition coefficient (Wildman–Crippen LogP) is 3.19. The van der Waals surface area contributed by atoms with E-state index in [0.717, 1.165) is 42.4 Å². The number of halogens is 1. The summed E-state index contributed by atoms with van der Waals surface area (Å²) in [4.78, 5) is 11.0. The Morgan fingerprint density at radius 3 is 2.78 bits per heavy atom. The minimum atomic E-state index is -0.848. The number of hydrogen-bond acceptors (Lipinski definition) is 2. The van der Waals surface area contributed by atoms with E-state index in [4.69, 9.17) is 16.7 Å². The number of rotatable bonds is 3. The van der Waals surface area contributed by atoms with Crippen LogP contribution in [0.1, 0.15) is 36.5 Å². The fourth-order valence-corrected chi connectivity index (χ4v) is 2.80. The summed E-state index contributed by atoms with van der Waals surface area (Å²) in [6.45, 7) is 1.65. The highest BCUT2D eigenvalue weighted by atomic mass is 35.5. The third-order valence-corrected chi connectivity index (χ3v) is 3.91. The molecule has 98 valence electrons. The first-order valence-corrected chi connectivity index (χ1v) is 6.63. The number of carboxylic acid groups (broad SMARTS) is 1. The van der Waals surface area contributed by atoms with E-state index >= 15 is 0 Å². The van der Waals surface area contributed by atoms with Crippen molar-refractivity contribution in [1.82, 2.24) is 0 Å². The first-order chi connectivity index (χ1) is 8.50. The Kier molecular flexibility index (Phi) is 3.81. The number of phenolic OH excluding ortho intramolecular Hbond substituents is 1. The first kappa shape index (κ1) is 13.2. The van der Waals surface area contributed by atoms with Gasteiger partial charge in [0.15, 0.2) is 0 Å². The van der Waals surface area contributed by atoms with E-state index in [-0.39, 0.29) is 5.75 Å². The molecule has 0 saturated heterocycles. The molecule has 0 saturated carbocycles. The molecule has 0 heterocycles. The third-order valence-electron chi connectivity index (χ3n) is 3.62. The largest absolute Gasteiger partial charge is 0.506 e. The number of benzene rings is 1. The normalized spacial score (nSPS) is 16.1. The Morgan fingerprint density at radius 1 is 1.44 bits per heavy atom. The van der Waals surface area contributed by atoms with Gasteiger partial charge in [-0.05, 0) is 54.9 Å². The summed E-state index contributed by atoms with van der Waals surface area (Å²) in [6, 6.07) is 1.82. The maximum atomic E-state index is 11.0. The molecular formula is C14H17ClO3. The number of hydrogen-bond donors (Lipinski definition) is 2. The van der Waals surface area contributed by atoms with Crippen molar-refractivity contribution in [2.45, 2.75) is 39.0 Å². The van der Waals surface area contributed by atoms with Gasteiger partial charge in [-0.2, -0.15) is 0 Å². The number of phenols is 1. The van der Waals surface area contributed by atoms with Gasteiger partial charge >= 0.3 is 5.97 Å². The SMILES string of the molecule is CC(Cc1c(O)c(Cl)cc2c1CCCC2)C(=O)O. The predicted molar refractivity (Wildman–Crippen MR) is 70.3 cm³/mol. The van der Waals surface area contributed by atoms with E-state index in [2.05, 4.69) is 0 Å². The molecule has 18 heavy (non-hydrogen) atoms. The van der Waals surface area contributed by atoms with Gasteiger partial charge in [0, 0.05) is 0 Å². The highest BCUT2D eigenvalue weighted by Crippen LogP contribution is 2.37. The second-order valence-corrected chi connectivity index (χ2v) is 5.38. The summed E-state index contributed by atoms with van der Waals surface area (Å²) in [5, 5.41) is 19.4. The lowest BCUT2D eigenvalue weighted by Crippen LogP contribution is -2.15. The number of carboxylic acids is 1. The summed E-state index contributed by atoms with van der Waals surface area (Å²) < 4.78 is 0. The van der Waals surface area contributed by atoms with Crippen LogP contribution in [0.5, 0.6) is 5.75 Å². The third kappa shape index (κ3) is 2.46. The molecule has 1 aromatic carbocycles. The van der Waals surface area contributed by atoms with Gasteiger partial charge in [0.25, 0.3) is 0 Å². The summed E-state index contributed by atoms with van der Waals surface area (Å²) in [5.41, 5.74) is 3.00. The van der Waals surface area contributed by atoms with Gasteiger partial charge < -0.3 is 10.2 Å². The van der Waals surface area contributed by atoms with E-state index in [1.54, 1.807) is 6.92 Å². The quantitative estimate of drug-likeness (QED) is 0.885. The zero-order chi connectivity index (χ0) is 13.3. The smallest absolute Gasteiger partial charge is 0.306 e. The molecule has 4 heteroatoms. The fourth-order valence-electron chi connectivity index (χ4n) is 2.55. The molecule has 1 aromatic rings. The van der Waals surface area contributed by atoms with Crippen LogP contribution in [0, 0.1) is 5.92 Å². The van der Waals surface area contributed by atoms with Crippen LogP contribution in [-0.4, -0.2) is 16.2 Å². The number of fused-ring (bicyclic) bond motifs is 1. The highest BCUT2D eigenvalue weighted by Gasteiger charge is 2.22. The summed E-state index contributed by atoms with van der Waals surface area (Å²) in [6.07, 6.45) is 4.42. The maximum Gasteiger partial charge on any atom is 0.306 e. The number of aromatic hydroxyl groups is 1. The van der Waals surface area contributed by atoms with Crippen molar-refractivity contribution in [1.29, 1.82) is 0 Å². The van der Waals surface area contributed by atoms with Gasteiger partial charge in [-0.1, -0.05) is 18.5 Å². The average Bonchev–Trinajstić information content (AvgIpc) is 2.34. The number of aliphatic carboxylic acids is 1. The molecule has 0 fully saturated rings. The van der Waals surface area contributed by atoms with Crippen LogP contribution in [0.2, 0.25) is 5.02 Å². The Bertz CT molecular complexity index is 482. The van der Waals surface area contributed by atoms with Crippen LogP contribution in [0.3, 0.4) is 0 Å². The Labute approximate surface area is 111 Å². The molecule has 1 aliphatic rings. The Hall–Kier alpha value is -1.22. The van der Waals surface area contributed by atoms with Crippen LogP contribution in [0.4, 0.5) is 0 Å². The topological polar surface area (TPSA) is 57.5 Å². The van der Waals surface area contributed by atoms with Crippen LogP contribution in [0.15, 0.2) is 6.07 Å². The van der Waals surface area contributed by atoms with Crippen molar-refractivity contribution in [3.05, 3.63) is 27.8 Å². The summed E-state index contributed by atoms with van der Waals surface area (Å²) in [5.74, 6) is -1.30. The standard InChI is InChI=1S/C14H17ClO3/c1-8(14(17)18)6-11-10-5-3-2-4-9(10)7-12(15)13(11)16/h7-8,16H,2-6H2,1H3,(H,17,18). The minimum Gasteiger partial charge on any atom is -0.506 e. The lowest BCUT2D eigenvalue weighted by Gasteiger charge is -2.22. The molecular weight excluding hydrogens is 252 g/mol. The second-order valence-electron chi connectivity index (χ2n) is 4.97. The lowest BCUT2D eigenvalue weighted by molar-refractivity contribution is -0.141. The van der Waals surface area contributed by atoms with Crippen molar-refractivity contribution < 1.29 is 15.0 Å². The van der Waals surface area contributed by atoms with Crippen molar-refractivity contribution >= 4 is 17.6 Å². The van der Waals surface area contributed by atoms with E-state index < -0.39 is 11.9 Å². The average molecular weight is 269 g/mol. The Morgan fingerprint density at radius 2 is 2.11 bits per heavy atom. The minimum absolute atomic E-state index is 0.0606. The molecule has 1 atom stereocenters. The van der Waals surface area contributed by atoms with Crippen LogP contribution >= 0.6 is 11.6 Å². The number of carbonyl (C=O) groups is 1. The number of aryl methyl sites for hydroxylation is 1. The zero-order valence-electron chi connectivity index (χ0n) is 10.4. The van der Waals surface area contributed by atoms with E-state index in [9.17, 15) is 9.90 Å². The molecule has 1 aliphatic carbocycles. The van der Waals surface area contributed by atoms with Crippen molar-refractivity contribution in [2.75, 3.05) is 0 Å². The van der Waals surface area contributed by atoms with Gasteiger partial charge in [0.2, 0.25) is 0 Å². The maximum absolute atomic E-state index is 11.0. The molecule has 2 rings (SSSR count). The molecule has 0 spiro atoms. The molecule has 3 nitrogen and oxygen atoms in total. The van der Waals surface area contributed by atoms with Gasteiger partial charge in [0.1, 0.15) is 5.75 Å². The van der Waals surface area contributed by atoms with E-state index in [0.29, 0.717) is 11.4 Å². The van der Waals surface area contributed by atoms with Gasteiger partial charge in [-0.25, -0.2) is 0 Å². The molecule has 2 N–H and O–H groups in total. The second kappa shape index (κ2) is 5.19. The van der Waals surface area contributed by atoms with Crippen LogP contribution in [-0.2, 0) is 24.1 Å².